The van der Waals surface area contributed by atoms with E-state index in [2.05, 4.69) is 5.32 Å². The lowest BCUT2D eigenvalue weighted by Crippen LogP contribution is -2.40. The van der Waals surface area contributed by atoms with Crippen molar-refractivity contribution < 1.29 is 14.6 Å². The topological polar surface area (TPSA) is 61.8 Å². The fraction of sp³-hybridized carbons (Fsp3) is 0.929. The molecule has 2 N–H and O–H groups in total. The lowest BCUT2D eigenvalue weighted by atomic mass is 9.82. The minimum Gasteiger partial charge on any atom is -0.393 e. The molecule has 2 rings (SSSR count). The maximum absolute atomic E-state index is 11.9. The van der Waals surface area contributed by atoms with E-state index >= 15 is 0 Å². The number of hydrogen-bond donors (Lipinski definition) is 2. The lowest BCUT2D eigenvalue weighted by molar-refractivity contribution is -0.133. The Balaban J connectivity index is 1.55. The molecule has 5 heteroatoms. The number of hydrogen-bond acceptors (Lipinski definition) is 4. The van der Waals surface area contributed by atoms with Crippen LogP contribution in [-0.4, -0.2) is 61.4 Å². The molecule has 1 aliphatic heterocycles. The number of aliphatic hydroxyl groups is 1. The van der Waals surface area contributed by atoms with E-state index < -0.39 is 0 Å². The molecule has 0 aromatic carbocycles. The van der Waals surface area contributed by atoms with Gasteiger partial charge < -0.3 is 20.1 Å². The summed E-state index contributed by atoms with van der Waals surface area (Å²) in [5, 5.41) is 12.5. The first-order valence-corrected chi connectivity index (χ1v) is 7.39. The van der Waals surface area contributed by atoms with Crippen LogP contribution in [-0.2, 0) is 9.53 Å². The van der Waals surface area contributed by atoms with Crippen LogP contribution in [0.4, 0.5) is 0 Å². The van der Waals surface area contributed by atoms with Crippen molar-refractivity contribution in [1.82, 2.24) is 10.2 Å². The highest BCUT2D eigenvalue weighted by molar-refractivity contribution is 5.75. The van der Waals surface area contributed by atoms with Crippen molar-refractivity contribution in [2.75, 3.05) is 33.3 Å². The first-order chi connectivity index (χ1) is 9.15. The fourth-order valence-electron chi connectivity index (χ4n) is 2.80. The average molecular weight is 270 g/mol. The predicted octanol–water partition coefficient (Wildman–Crippen LogP) is 0.374. The highest BCUT2D eigenvalue weighted by Crippen LogP contribution is 2.27. The molecular formula is C14H26N2O3. The highest BCUT2D eigenvalue weighted by atomic mass is 16.5. The minimum absolute atomic E-state index is 0.142. The van der Waals surface area contributed by atoms with Crippen molar-refractivity contribution in [1.29, 1.82) is 0 Å². The van der Waals surface area contributed by atoms with E-state index in [1.54, 1.807) is 4.90 Å². The smallest absolute Gasteiger partial charge is 0.224 e. The third-order valence-electron chi connectivity index (χ3n) is 4.12. The van der Waals surface area contributed by atoms with Crippen LogP contribution in [0.25, 0.3) is 0 Å². The number of nitrogens with one attached hydrogen (secondary N) is 1. The van der Waals surface area contributed by atoms with Gasteiger partial charge in [0.2, 0.25) is 5.91 Å². The molecule has 1 aliphatic carbocycles. The second-order valence-electron chi connectivity index (χ2n) is 5.84. The van der Waals surface area contributed by atoms with E-state index in [1.165, 1.54) is 0 Å². The molecular weight excluding hydrogens is 244 g/mol. The molecule has 110 valence electrons. The first kappa shape index (κ1) is 14.8. The number of ether oxygens (including phenoxy) is 1. The quantitative estimate of drug-likeness (QED) is 0.732. The second-order valence-corrected chi connectivity index (χ2v) is 5.84. The van der Waals surface area contributed by atoms with Gasteiger partial charge in [-0.15, -0.1) is 0 Å². The van der Waals surface area contributed by atoms with Crippen molar-refractivity contribution in [2.24, 2.45) is 5.92 Å². The third-order valence-corrected chi connectivity index (χ3v) is 4.12. The van der Waals surface area contributed by atoms with Crippen molar-refractivity contribution in [2.45, 2.75) is 44.3 Å². The molecule has 19 heavy (non-hydrogen) atoms. The Hall–Kier alpha value is -0.650. The summed E-state index contributed by atoms with van der Waals surface area (Å²) in [6.45, 7) is 3.33. The standard InChI is InChI=1S/C14H26N2O3/c1-16(10-11-8-12(17)9-11)14(18)4-7-19-13-2-5-15-6-3-13/h11-13,15,17H,2-10H2,1H3. The van der Waals surface area contributed by atoms with Gasteiger partial charge in [-0.05, 0) is 44.7 Å². The Morgan fingerprint density at radius 3 is 2.68 bits per heavy atom. The van der Waals surface area contributed by atoms with Gasteiger partial charge in [-0.1, -0.05) is 0 Å². The molecule has 1 saturated carbocycles. The summed E-state index contributed by atoms with van der Waals surface area (Å²) in [5.74, 6) is 0.629. The highest BCUT2D eigenvalue weighted by Gasteiger charge is 2.28. The van der Waals surface area contributed by atoms with E-state index in [4.69, 9.17) is 4.74 Å². The van der Waals surface area contributed by atoms with Crippen molar-refractivity contribution in [3.8, 4) is 0 Å². The molecule has 2 fully saturated rings. The van der Waals surface area contributed by atoms with Gasteiger partial charge in [-0.2, -0.15) is 0 Å². The Kier molecular flexibility index (Phi) is 5.60. The maximum Gasteiger partial charge on any atom is 0.224 e. The van der Waals surface area contributed by atoms with Crippen LogP contribution in [0.1, 0.15) is 32.1 Å². The summed E-state index contributed by atoms with van der Waals surface area (Å²) in [4.78, 5) is 13.7. The summed E-state index contributed by atoms with van der Waals surface area (Å²) in [7, 11) is 1.84. The number of rotatable bonds is 6. The maximum atomic E-state index is 11.9. The van der Waals surface area contributed by atoms with Gasteiger partial charge in [0.25, 0.3) is 0 Å². The molecule has 0 aromatic rings. The van der Waals surface area contributed by atoms with Crippen LogP contribution in [0, 0.1) is 5.92 Å². The van der Waals surface area contributed by atoms with Crippen molar-refractivity contribution in [3.05, 3.63) is 0 Å². The van der Waals surface area contributed by atoms with E-state index in [-0.39, 0.29) is 12.0 Å². The first-order valence-electron chi connectivity index (χ1n) is 7.39. The van der Waals surface area contributed by atoms with Gasteiger partial charge in [0.05, 0.1) is 25.2 Å². The summed E-state index contributed by atoms with van der Waals surface area (Å²) in [6.07, 6.45) is 4.41. The lowest BCUT2D eigenvalue weighted by Gasteiger charge is -2.34. The Morgan fingerprint density at radius 2 is 2.05 bits per heavy atom. The van der Waals surface area contributed by atoms with E-state index in [9.17, 15) is 9.90 Å². The molecule has 1 saturated heterocycles. The Morgan fingerprint density at radius 1 is 1.37 bits per heavy atom. The van der Waals surface area contributed by atoms with Crippen molar-refractivity contribution >= 4 is 5.91 Å². The zero-order chi connectivity index (χ0) is 13.7. The average Bonchev–Trinajstić information content (AvgIpc) is 2.38. The van der Waals surface area contributed by atoms with Gasteiger partial charge in [0.15, 0.2) is 0 Å². The molecule has 0 aromatic heterocycles. The van der Waals surface area contributed by atoms with Crippen LogP contribution in [0.5, 0.6) is 0 Å². The van der Waals surface area contributed by atoms with Crippen molar-refractivity contribution in [3.63, 3.8) is 0 Å². The fourth-order valence-corrected chi connectivity index (χ4v) is 2.80. The van der Waals surface area contributed by atoms with Gasteiger partial charge in [0, 0.05) is 13.6 Å². The van der Waals surface area contributed by atoms with E-state index in [0.717, 1.165) is 45.3 Å². The molecule has 0 bridgehead atoms. The Labute approximate surface area is 115 Å². The predicted molar refractivity (Wildman–Crippen MR) is 72.8 cm³/mol. The van der Waals surface area contributed by atoms with Crippen LogP contribution in [0.15, 0.2) is 0 Å². The SMILES string of the molecule is CN(CC1CC(O)C1)C(=O)CCOC1CCNCC1. The number of piperidine rings is 1. The number of aliphatic hydroxyl groups excluding tert-OH is 1. The summed E-state index contributed by atoms with van der Waals surface area (Å²) >= 11 is 0. The monoisotopic (exact) mass is 270 g/mol. The van der Waals surface area contributed by atoms with Crippen LogP contribution >= 0.6 is 0 Å². The number of carbonyl (C=O) groups is 1. The van der Waals surface area contributed by atoms with Gasteiger partial charge in [0.1, 0.15) is 0 Å². The normalized spacial score (nSPS) is 27.9. The van der Waals surface area contributed by atoms with E-state index in [1.807, 2.05) is 7.05 Å². The van der Waals surface area contributed by atoms with Gasteiger partial charge in [-0.25, -0.2) is 0 Å². The van der Waals surface area contributed by atoms with E-state index in [0.29, 0.717) is 25.0 Å². The number of carbonyl (C=O) groups excluding carboxylic acids is 1. The molecule has 0 atom stereocenters. The molecule has 0 unspecified atom stereocenters. The minimum atomic E-state index is -0.142. The third kappa shape index (κ3) is 4.75. The summed E-state index contributed by atoms with van der Waals surface area (Å²) < 4.78 is 5.74. The zero-order valence-corrected chi connectivity index (χ0v) is 11.8. The molecule has 0 radical (unpaired) electrons. The largest absolute Gasteiger partial charge is 0.393 e. The number of amides is 1. The van der Waals surface area contributed by atoms with Gasteiger partial charge in [-0.3, -0.25) is 4.79 Å². The van der Waals surface area contributed by atoms with Crippen LogP contribution in [0.3, 0.4) is 0 Å². The molecule has 2 aliphatic rings. The Bertz CT molecular complexity index is 286. The van der Waals surface area contributed by atoms with Crippen LogP contribution < -0.4 is 5.32 Å². The number of nitrogens with zero attached hydrogens (tertiary/aromatic N) is 1. The van der Waals surface area contributed by atoms with Gasteiger partial charge >= 0.3 is 0 Å². The molecule has 5 nitrogen and oxygen atoms in total. The summed E-state index contributed by atoms with van der Waals surface area (Å²) in [5.41, 5.74) is 0. The molecule has 1 heterocycles. The zero-order valence-electron chi connectivity index (χ0n) is 11.8. The molecule has 1 amide bonds. The second kappa shape index (κ2) is 7.22. The summed E-state index contributed by atoms with van der Waals surface area (Å²) in [6, 6.07) is 0. The van der Waals surface area contributed by atoms with Crippen LogP contribution in [0.2, 0.25) is 0 Å². The molecule has 0 spiro atoms.